The Labute approximate surface area is 153 Å². The fraction of sp³-hybridized carbons (Fsp3) is 0.176. The van der Waals surface area contributed by atoms with E-state index < -0.39 is 18.5 Å². The molecule has 5 nitrogen and oxygen atoms in total. The molecule has 0 spiro atoms. The molecule has 126 valence electrons. The number of nitrogens with one attached hydrogen (secondary N) is 1. The highest BCUT2D eigenvalue weighted by molar-refractivity contribution is 9.10. The molecule has 0 unspecified atom stereocenters. The molecule has 24 heavy (non-hydrogen) atoms. The minimum Gasteiger partial charge on any atom is -0.497 e. The lowest BCUT2D eigenvalue weighted by atomic mass is 10.2. The van der Waals surface area contributed by atoms with Gasteiger partial charge in [-0.1, -0.05) is 17.7 Å². The summed E-state index contributed by atoms with van der Waals surface area (Å²) in [6.45, 7) is 1.38. The van der Waals surface area contributed by atoms with Crippen LogP contribution in [-0.4, -0.2) is 25.6 Å². The first kappa shape index (κ1) is 18.3. The van der Waals surface area contributed by atoms with E-state index in [4.69, 9.17) is 21.1 Å². The smallest absolute Gasteiger partial charge is 0.339 e. The van der Waals surface area contributed by atoms with E-state index in [1.54, 1.807) is 37.3 Å². The normalized spacial score (nSPS) is 10.2. The second-order valence-corrected chi connectivity index (χ2v) is 6.14. The first-order valence-corrected chi connectivity index (χ1v) is 8.15. The van der Waals surface area contributed by atoms with Crippen LogP contribution < -0.4 is 10.1 Å². The Hall–Kier alpha value is -2.05. The SMILES string of the molecule is COc1ccc(Br)c(C(=O)OCC(=O)Nc2cccc(Cl)c2C)c1. The largest absolute Gasteiger partial charge is 0.497 e. The summed E-state index contributed by atoms with van der Waals surface area (Å²) in [5.74, 6) is -0.560. The van der Waals surface area contributed by atoms with Crippen molar-refractivity contribution in [1.82, 2.24) is 0 Å². The molecule has 0 aliphatic heterocycles. The molecular weight excluding hydrogens is 398 g/mol. The van der Waals surface area contributed by atoms with Gasteiger partial charge in [-0.05, 0) is 58.7 Å². The average Bonchev–Trinajstić information content (AvgIpc) is 2.57. The van der Waals surface area contributed by atoms with E-state index in [2.05, 4.69) is 21.2 Å². The first-order chi connectivity index (χ1) is 11.4. The zero-order valence-corrected chi connectivity index (χ0v) is 15.4. The molecule has 0 saturated heterocycles. The van der Waals surface area contributed by atoms with Gasteiger partial charge in [0.05, 0.1) is 12.7 Å². The molecule has 1 amide bonds. The van der Waals surface area contributed by atoms with Crippen molar-refractivity contribution in [2.45, 2.75) is 6.92 Å². The second kappa shape index (κ2) is 8.17. The Bertz CT molecular complexity index is 779. The van der Waals surface area contributed by atoms with Crippen LogP contribution in [0.1, 0.15) is 15.9 Å². The molecule has 2 rings (SSSR count). The van der Waals surface area contributed by atoms with Gasteiger partial charge < -0.3 is 14.8 Å². The maximum absolute atomic E-state index is 12.1. The van der Waals surface area contributed by atoms with Gasteiger partial charge in [0.25, 0.3) is 5.91 Å². The van der Waals surface area contributed by atoms with E-state index in [1.165, 1.54) is 13.2 Å². The Kier molecular flexibility index (Phi) is 6.23. The van der Waals surface area contributed by atoms with Crippen molar-refractivity contribution < 1.29 is 19.1 Å². The van der Waals surface area contributed by atoms with Gasteiger partial charge in [0.2, 0.25) is 0 Å². The van der Waals surface area contributed by atoms with Crippen molar-refractivity contribution in [2.75, 3.05) is 19.0 Å². The van der Waals surface area contributed by atoms with Gasteiger partial charge in [0.1, 0.15) is 5.75 Å². The molecular formula is C17H15BrClNO4. The molecule has 0 fully saturated rings. The molecule has 0 bridgehead atoms. The van der Waals surface area contributed by atoms with Crippen molar-refractivity contribution in [3.05, 3.63) is 57.0 Å². The van der Waals surface area contributed by atoms with Crippen LogP contribution in [0.5, 0.6) is 5.75 Å². The van der Waals surface area contributed by atoms with Gasteiger partial charge in [0, 0.05) is 15.2 Å². The topological polar surface area (TPSA) is 64.6 Å². The monoisotopic (exact) mass is 411 g/mol. The molecule has 1 N–H and O–H groups in total. The molecule has 7 heteroatoms. The van der Waals surface area contributed by atoms with E-state index in [9.17, 15) is 9.59 Å². The number of halogens is 2. The lowest BCUT2D eigenvalue weighted by Crippen LogP contribution is -2.21. The number of anilines is 1. The van der Waals surface area contributed by atoms with Crippen molar-refractivity contribution in [3.8, 4) is 5.75 Å². The van der Waals surface area contributed by atoms with Gasteiger partial charge in [-0.2, -0.15) is 0 Å². The third kappa shape index (κ3) is 4.49. The van der Waals surface area contributed by atoms with Crippen molar-refractivity contribution in [3.63, 3.8) is 0 Å². The van der Waals surface area contributed by atoms with Crippen molar-refractivity contribution in [2.24, 2.45) is 0 Å². The molecule has 0 aromatic heterocycles. The van der Waals surface area contributed by atoms with Crippen molar-refractivity contribution >= 4 is 45.1 Å². The lowest BCUT2D eigenvalue weighted by Gasteiger charge is -2.10. The zero-order chi connectivity index (χ0) is 17.7. The molecule has 0 radical (unpaired) electrons. The molecule has 2 aromatic rings. The summed E-state index contributed by atoms with van der Waals surface area (Å²) in [5, 5.41) is 3.20. The highest BCUT2D eigenvalue weighted by Gasteiger charge is 2.15. The summed E-state index contributed by atoms with van der Waals surface area (Å²) in [6, 6.07) is 10.1. The Morgan fingerprint density at radius 2 is 2.00 bits per heavy atom. The predicted molar refractivity (Wildman–Crippen MR) is 95.8 cm³/mol. The van der Waals surface area contributed by atoms with Gasteiger partial charge in [0.15, 0.2) is 6.61 Å². The van der Waals surface area contributed by atoms with Crippen LogP contribution in [0.2, 0.25) is 5.02 Å². The summed E-state index contributed by atoms with van der Waals surface area (Å²) in [7, 11) is 1.50. The number of hydrogen-bond acceptors (Lipinski definition) is 4. The van der Waals surface area contributed by atoms with Crippen LogP contribution >= 0.6 is 27.5 Å². The number of carbonyl (C=O) groups is 2. The number of esters is 1. The maximum Gasteiger partial charge on any atom is 0.339 e. The fourth-order valence-corrected chi connectivity index (χ4v) is 2.51. The molecule has 0 aliphatic carbocycles. The van der Waals surface area contributed by atoms with E-state index in [1.807, 2.05) is 0 Å². The van der Waals surface area contributed by atoms with E-state index in [-0.39, 0.29) is 5.56 Å². The summed E-state index contributed by atoms with van der Waals surface area (Å²) in [5.41, 5.74) is 1.60. The molecule has 0 heterocycles. The fourth-order valence-electron chi connectivity index (χ4n) is 1.93. The van der Waals surface area contributed by atoms with Crippen LogP contribution in [0.25, 0.3) is 0 Å². The highest BCUT2D eigenvalue weighted by Crippen LogP contribution is 2.24. The summed E-state index contributed by atoms with van der Waals surface area (Å²) < 4.78 is 10.7. The third-order valence-electron chi connectivity index (χ3n) is 3.27. The minimum atomic E-state index is -0.626. The first-order valence-electron chi connectivity index (χ1n) is 6.98. The number of amides is 1. The number of benzene rings is 2. The van der Waals surface area contributed by atoms with Crippen LogP contribution in [0.4, 0.5) is 5.69 Å². The predicted octanol–water partition coefficient (Wildman–Crippen LogP) is 4.22. The Morgan fingerprint density at radius 3 is 2.71 bits per heavy atom. The number of hydrogen-bond donors (Lipinski definition) is 1. The number of methoxy groups -OCH3 is 1. The molecule has 0 atom stereocenters. The zero-order valence-electron chi connectivity index (χ0n) is 13.1. The molecule has 0 saturated carbocycles. The molecule has 2 aromatic carbocycles. The van der Waals surface area contributed by atoms with Crippen molar-refractivity contribution in [1.29, 1.82) is 0 Å². The van der Waals surface area contributed by atoms with Gasteiger partial charge in [-0.25, -0.2) is 4.79 Å². The van der Waals surface area contributed by atoms with E-state index in [0.29, 0.717) is 20.9 Å². The molecule has 0 aliphatic rings. The van der Waals surface area contributed by atoms with Gasteiger partial charge in [-0.3, -0.25) is 4.79 Å². The second-order valence-electron chi connectivity index (χ2n) is 4.88. The van der Waals surface area contributed by atoms with Crippen LogP contribution in [0.3, 0.4) is 0 Å². The third-order valence-corrected chi connectivity index (χ3v) is 4.37. The number of ether oxygens (including phenoxy) is 2. The minimum absolute atomic E-state index is 0.279. The Balaban J connectivity index is 1.99. The number of carbonyl (C=O) groups excluding carboxylic acids is 2. The van der Waals surface area contributed by atoms with E-state index >= 15 is 0 Å². The lowest BCUT2D eigenvalue weighted by molar-refractivity contribution is -0.119. The quantitative estimate of drug-likeness (QED) is 0.747. The average molecular weight is 413 g/mol. The number of rotatable bonds is 5. The van der Waals surface area contributed by atoms with Gasteiger partial charge in [-0.15, -0.1) is 0 Å². The summed E-state index contributed by atoms with van der Waals surface area (Å²) in [4.78, 5) is 24.1. The Morgan fingerprint density at radius 1 is 1.25 bits per heavy atom. The summed E-state index contributed by atoms with van der Waals surface area (Å²) >= 11 is 9.26. The highest BCUT2D eigenvalue weighted by atomic mass is 79.9. The summed E-state index contributed by atoms with van der Waals surface area (Å²) in [6.07, 6.45) is 0. The van der Waals surface area contributed by atoms with E-state index in [0.717, 1.165) is 5.56 Å². The standard InChI is InChI=1S/C17H15BrClNO4/c1-10-14(19)4-3-5-15(10)20-16(21)9-24-17(22)12-8-11(23-2)6-7-13(12)18/h3-8H,9H2,1-2H3,(H,20,21). The van der Waals surface area contributed by atoms with Gasteiger partial charge >= 0.3 is 5.97 Å². The van der Waals surface area contributed by atoms with Crippen LogP contribution in [-0.2, 0) is 9.53 Å². The van der Waals surface area contributed by atoms with Crippen LogP contribution in [0.15, 0.2) is 40.9 Å². The maximum atomic E-state index is 12.1. The van der Waals surface area contributed by atoms with Crippen LogP contribution in [0, 0.1) is 6.92 Å².